The van der Waals surface area contributed by atoms with Gasteiger partial charge in [0, 0.05) is 31.3 Å². The van der Waals surface area contributed by atoms with Gasteiger partial charge in [0.1, 0.15) is 11.7 Å². The van der Waals surface area contributed by atoms with Gasteiger partial charge in [0.15, 0.2) is 5.82 Å². The Morgan fingerprint density at radius 2 is 1.91 bits per heavy atom. The summed E-state index contributed by atoms with van der Waals surface area (Å²) < 4.78 is 0. The molecular weight excluding hydrogens is 458 g/mol. The van der Waals surface area contributed by atoms with Crippen molar-refractivity contribution in [2.45, 2.75) is 37.8 Å². The van der Waals surface area contributed by atoms with E-state index < -0.39 is 23.9 Å². The highest BCUT2D eigenvalue weighted by Gasteiger charge is 2.31. The number of nitrogens with zero attached hydrogens (tertiary/aromatic N) is 4. The number of carboxylic acids is 2. The van der Waals surface area contributed by atoms with Gasteiger partial charge in [-0.3, -0.25) is 14.4 Å². The maximum absolute atomic E-state index is 12.4. The number of amides is 2. The van der Waals surface area contributed by atoms with E-state index in [0.29, 0.717) is 37.2 Å². The first-order valence-electron chi connectivity index (χ1n) is 10.8. The molecule has 186 valence electrons. The van der Waals surface area contributed by atoms with Gasteiger partial charge in [0.25, 0.3) is 5.91 Å². The van der Waals surface area contributed by atoms with Gasteiger partial charge >= 0.3 is 11.9 Å². The average Bonchev–Trinajstić information content (AvgIpc) is 2.81. The van der Waals surface area contributed by atoms with Crippen molar-refractivity contribution in [1.82, 2.24) is 15.3 Å². The summed E-state index contributed by atoms with van der Waals surface area (Å²) in [4.78, 5) is 57.9. The molecule has 2 amide bonds. The highest BCUT2D eigenvalue weighted by molar-refractivity contribution is 5.97. The monoisotopic (exact) mass is 485 g/mol. The van der Waals surface area contributed by atoms with Crippen molar-refractivity contribution < 1.29 is 29.4 Å². The zero-order chi connectivity index (χ0) is 25.7. The van der Waals surface area contributed by atoms with E-state index in [2.05, 4.69) is 15.3 Å². The number of anilines is 4. The van der Waals surface area contributed by atoms with E-state index in [1.165, 1.54) is 4.90 Å². The molecule has 0 fully saturated rings. The number of fused-ring (bicyclic) bond motifs is 1. The van der Waals surface area contributed by atoms with Crippen molar-refractivity contribution in [1.29, 1.82) is 0 Å². The van der Waals surface area contributed by atoms with Crippen LogP contribution in [0.5, 0.6) is 0 Å². The molecule has 0 spiro atoms. The molecule has 2 heterocycles. The number of benzene rings is 1. The van der Waals surface area contributed by atoms with Crippen LogP contribution in [0.4, 0.5) is 23.1 Å². The van der Waals surface area contributed by atoms with Crippen LogP contribution in [0.15, 0.2) is 24.3 Å². The van der Waals surface area contributed by atoms with Crippen LogP contribution in [0.1, 0.15) is 35.3 Å². The number of hydrogen-bond acceptors (Lipinski definition) is 9. The van der Waals surface area contributed by atoms with Crippen LogP contribution in [0, 0.1) is 0 Å². The number of carboxylic acid groups (broad SMARTS) is 2. The maximum Gasteiger partial charge on any atom is 0.326 e. The molecule has 1 aliphatic heterocycles. The molecule has 13 nitrogen and oxygen atoms in total. The van der Waals surface area contributed by atoms with Crippen molar-refractivity contribution in [3.8, 4) is 0 Å². The molecule has 0 saturated carbocycles. The molecule has 1 aromatic carbocycles. The summed E-state index contributed by atoms with van der Waals surface area (Å²) in [6, 6.07) is 4.97. The van der Waals surface area contributed by atoms with Gasteiger partial charge < -0.3 is 36.8 Å². The highest BCUT2D eigenvalue weighted by atomic mass is 16.4. The summed E-state index contributed by atoms with van der Waals surface area (Å²) in [5, 5.41) is 20.3. The third-order valence-electron chi connectivity index (χ3n) is 5.79. The molecule has 7 N–H and O–H groups in total. The summed E-state index contributed by atoms with van der Waals surface area (Å²) in [5.41, 5.74) is 13.7. The average molecular weight is 486 g/mol. The van der Waals surface area contributed by atoms with Crippen LogP contribution < -0.4 is 26.6 Å². The molecule has 0 saturated heterocycles. The first kappa shape index (κ1) is 25.2. The third-order valence-corrected chi connectivity index (χ3v) is 5.79. The Hall–Kier alpha value is -4.42. The van der Waals surface area contributed by atoms with E-state index >= 15 is 0 Å². The van der Waals surface area contributed by atoms with Gasteiger partial charge in [0.2, 0.25) is 12.4 Å². The van der Waals surface area contributed by atoms with E-state index in [1.807, 2.05) is 11.9 Å². The zero-order valence-corrected chi connectivity index (χ0v) is 19.0. The number of aryl methyl sites for hydroxylation is 1. The first-order valence-corrected chi connectivity index (χ1v) is 10.8. The normalized spacial score (nSPS) is 15.6. The molecule has 2 aromatic rings. The topological polar surface area (TPSA) is 205 Å². The number of aliphatic carboxylic acids is 2. The minimum absolute atomic E-state index is 0.0587. The van der Waals surface area contributed by atoms with Crippen molar-refractivity contribution in [2.24, 2.45) is 0 Å². The Bertz CT molecular complexity index is 1120. The summed E-state index contributed by atoms with van der Waals surface area (Å²) in [6.45, 7) is 0.462. The summed E-state index contributed by atoms with van der Waals surface area (Å²) in [7, 11) is 1.84. The largest absolute Gasteiger partial charge is 0.481 e. The SMILES string of the molecule is CN(CC1CCc2nc(N)nc(N)c2N1C=O)c1ccc(C(=O)N[C@@H](CCC(=O)O)C(=O)O)cc1. The van der Waals surface area contributed by atoms with Crippen molar-refractivity contribution in [2.75, 3.05) is 34.9 Å². The van der Waals surface area contributed by atoms with Crippen LogP contribution in [0.2, 0.25) is 0 Å². The standard InChI is InChI=1S/C22H27N7O6/c1-28(10-14-6-7-15-18(29(14)11-30)19(23)27-22(24)26-15)13-4-2-12(3-5-13)20(33)25-16(21(34)35)8-9-17(31)32/h2-5,11,14,16H,6-10H2,1H3,(H,25,33)(H,31,32)(H,34,35)(H4,23,24,26,27)/t14?,16-/m0/s1. The number of rotatable bonds is 10. The number of nitrogens with one attached hydrogen (secondary N) is 1. The van der Waals surface area contributed by atoms with E-state index in [9.17, 15) is 24.3 Å². The van der Waals surface area contributed by atoms with Crippen LogP contribution in [-0.4, -0.2) is 70.1 Å². The van der Waals surface area contributed by atoms with Gasteiger partial charge in [-0.25, -0.2) is 9.78 Å². The van der Waals surface area contributed by atoms with Crippen molar-refractivity contribution in [3.63, 3.8) is 0 Å². The second-order valence-corrected chi connectivity index (χ2v) is 8.19. The van der Waals surface area contributed by atoms with Gasteiger partial charge in [-0.2, -0.15) is 4.98 Å². The molecule has 0 radical (unpaired) electrons. The fourth-order valence-corrected chi connectivity index (χ4v) is 3.99. The third kappa shape index (κ3) is 5.93. The lowest BCUT2D eigenvalue weighted by Crippen LogP contribution is -2.46. The van der Waals surface area contributed by atoms with E-state index in [-0.39, 0.29) is 36.2 Å². The molecule has 1 aliphatic rings. The minimum atomic E-state index is -1.31. The number of carbonyl (C=O) groups is 4. The van der Waals surface area contributed by atoms with Crippen LogP contribution in [0.3, 0.4) is 0 Å². The van der Waals surface area contributed by atoms with E-state index in [1.54, 1.807) is 24.3 Å². The van der Waals surface area contributed by atoms with Crippen molar-refractivity contribution in [3.05, 3.63) is 35.5 Å². The first-order chi connectivity index (χ1) is 16.6. The lowest BCUT2D eigenvalue weighted by atomic mass is 10.00. The molecule has 3 rings (SSSR count). The highest BCUT2D eigenvalue weighted by Crippen LogP contribution is 2.33. The van der Waals surface area contributed by atoms with Gasteiger partial charge in [-0.15, -0.1) is 0 Å². The van der Waals surface area contributed by atoms with Gasteiger partial charge in [-0.05, 0) is 43.5 Å². The molecule has 13 heteroatoms. The van der Waals surface area contributed by atoms with Gasteiger partial charge in [-0.1, -0.05) is 0 Å². The molecule has 0 bridgehead atoms. The predicted molar refractivity (Wildman–Crippen MR) is 127 cm³/mol. The zero-order valence-electron chi connectivity index (χ0n) is 19.0. The lowest BCUT2D eigenvalue weighted by Gasteiger charge is -2.37. The number of likely N-dealkylation sites (N-methyl/N-ethyl adjacent to an activating group) is 1. The second-order valence-electron chi connectivity index (χ2n) is 8.19. The van der Waals surface area contributed by atoms with Crippen LogP contribution >= 0.6 is 0 Å². The Morgan fingerprint density at radius 3 is 2.51 bits per heavy atom. The Kier molecular flexibility index (Phi) is 7.69. The smallest absolute Gasteiger partial charge is 0.326 e. The quantitative estimate of drug-likeness (QED) is 0.285. The Morgan fingerprint density at radius 1 is 1.23 bits per heavy atom. The Labute approximate surface area is 200 Å². The predicted octanol–water partition coefficient (Wildman–Crippen LogP) is 0.103. The fraction of sp³-hybridized carbons (Fsp3) is 0.364. The number of nitrogens with two attached hydrogens (primary N) is 2. The second kappa shape index (κ2) is 10.7. The minimum Gasteiger partial charge on any atom is -0.481 e. The Balaban J connectivity index is 1.67. The number of aromatic nitrogens is 2. The van der Waals surface area contributed by atoms with E-state index in [4.69, 9.17) is 16.6 Å². The summed E-state index contributed by atoms with van der Waals surface area (Å²) >= 11 is 0. The number of carbonyl (C=O) groups excluding carboxylic acids is 2. The van der Waals surface area contributed by atoms with E-state index in [0.717, 1.165) is 5.69 Å². The fourth-order valence-electron chi connectivity index (χ4n) is 3.99. The molecule has 0 aliphatic carbocycles. The number of nitrogen functional groups attached to an aromatic ring is 2. The lowest BCUT2D eigenvalue weighted by molar-refractivity contribution is -0.140. The molecule has 1 unspecified atom stereocenters. The molecule has 1 aromatic heterocycles. The van der Waals surface area contributed by atoms with Gasteiger partial charge in [0.05, 0.1) is 11.7 Å². The summed E-state index contributed by atoms with van der Waals surface area (Å²) in [6.07, 6.45) is 1.32. The maximum atomic E-state index is 12.4. The van der Waals surface area contributed by atoms with Crippen molar-refractivity contribution >= 4 is 47.4 Å². The molecular formula is C22H27N7O6. The van der Waals surface area contributed by atoms with Crippen LogP contribution in [0.25, 0.3) is 0 Å². The molecule has 2 atom stereocenters. The summed E-state index contributed by atoms with van der Waals surface area (Å²) in [5.74, 6) is -2.87. The van der Waals surface area contributed by atoms with Crippen LogP contribution in [-0.2, 0) is 20.8 Å². The number of hydrogen-bond donors (Lipinski definition) is 5. The molecule has 35 heavy (non-hydrogen) atoms.